The standard InChI is InChI=1S/C24H14N4O/c1-2-6-18-15(5-1)9-10-16-13-26-23(28-22(16)18)17-11-12-20(25-14-17)24-27-19-7-3-4-8-21(19)29-24/h1-14H. The molecule has 0 unspecified atom stereocenters. The van der Waals surface area contributed by atoms with E-state index in [4.69, 9.17) is 9.40 Å². The molecule has 0 saturated carbocycles. The van der Waals surface area contributed by atoms with Crippen LogP contribution in [-0.2, 0) is 0 Å². The highest BCUT2D eigenvalue weighted by molar-refractivity contribution is 6.05. The molecule has 0 bridgehead atoms. The summed E-state index contributed by atoms with van der Waals surface area (Å²) in [4.78, 5) is 18.4. The Morgan fingerprint density at radius 1 is 0.655 bits per heavy atom. The van der Waals surface area contributed by atoms with Crippen LogP contribution in [0.3, 0.4) is 0 Å². The van der Waals surface area contributed by atoms with Gasteiger partial charge < -0.3 is 4.42 Å². The summed E-state index contributed by atoms with van der Waals surface area (Å²) in [7, 11) is 0. The van der Waals surface area contributed by atoms with Crippen LogP contribution in [0.2, 0.25) is 0 Å². The third kappa shape index (κ3) is 2.63. The Balaban J connectivity index is 1.43. The molecule has 0 fully saturated rings. The van der Waals surface area contributed by atoms with Crippen LogP contribution in [0.5, 0.6) is 0 Å². The van der Waals surface area contributed by atoms with Gasteiger partial charge in [0.15, 0.2) is 11.4 Å². The normalized spacial score (nSPS) is 11.4. The summed E-state index contributed by atoms with van der Waals surface area (Å²) >= 11 is 0. The maximum atomic E-state index is 5.80. The Morgan fingerprint density at radius 2 is 1.52 bits per heavy atom. The van der Waals surface area contributed by atoms with Gasteiger partial charge in [0.2, 0.25) is 5.89 Å². The molecular formula is C24H14N4O. The fraction of sp³-hybridized carbons (Fsp3) is 0. The second kappa shape index (κ2) is 6.21. The molecule has 3 aromatic carbocycles. The molecule has 0 aliphatic rings. The van der Waals surface area contributed by atoms with Crippen LogP contribution < -0.4 is 0 Å². The van der Waals surface area contributed by atoms with Crippen LogP contribution in [0.15, 0.2) is 89.6 Å². The first-order valence-electron chi connectivity index (χ1n) is 9.32. The number of aromatic nitrogens is 4. The first-order chi connectivity index (χ1) is 14.3. The van der Waals surface area contributed by atoms with Gasteiger partial charge in [-0.25, -0.2) is 15.0 Å². The van der Waals surface area contributed by atoms with Gasteiger partial charge in [-0.2, -0.15) is 0 Å². The van der Waals surface area contributed by atoms with E-state index in [1.54, 1.807) is 6.20 Å². The fourth-order valence-corrected chi connectivity index (χ4v) is 3.54. The first-order valence-corrected chi connectivity index (χ1v) is 9.32. The monoisotopic (exact) mass is 374 g/mol. The molecule has 0 aliphatic carbocycles. The molecular weight excluding hydrogens is 360 g/mol. The zero-order valence-electron chi connectivity index (χ0n) is 15.3. The SMILES string of the molecule is c1ccc2c(c1)ccc1cnc(-c3ccc(-c4nc5ccccc5o4)nc3)nc12. The van der Waals surface area contributed by atoms with Gasteiger partial charge in [0.1, 0.15) is 11.2 Å². The zero-order chi connectivity index (χ0) is 19.2. The third-order valence-electron chi connectivity index (χ3n) is 5.01. The average Bonchev–Trinajstić information content (AvgIpc) is 3.23. The summed E-state index contributed by atoms with van der Waals surface area (Å²) < 4.78 is 5.80. The Hall–Kier alpha value is -4.12. The predicted molar refractivity (Wildman–Crippen MR) is 113 cm³/mol. The molecule has 5 nitrogen and oxygen atoms in total. The van der Waals surface area contributed by atoms with E-state index in [0.29, 0.717) is 17.4 Å². The predicted octanol–water partition coefficient (Wildman–Crippen LogP) is 5.65. The number of nitrogens with zero attached hydrogens (tertiary/aromatic N) is 4. The molecule has 6 rings (SSSR count). The topological polar surface area (TPSA) is 64.7 Å². The Morgan fingerprint density at radius 3 is 2.41 bits per heavy atom. The maximum absolute atomic E-state index is 5.80. The number of hydrogen-bond acceptors (Lipinski definition) is 5. The molecule has 0 N–H and O–H groups in total. The molecule has 0 aliphatic heterocycles. The maximum Gasteiger partial charge on any atom is 0.246 e. The lowest BCUT2D eigenvalue weighted by Gasteiger charge is -2.05. The van der Waals surface area contributed by atoms with E-state index in [1.807, 2.05) is 54.7 Å². The van der Waals surface area contributed by atoms with Crippen molar-refractivity contribution in [1.82, 2.24) is 19.9 Å². The summed E-state index contributed by atoms with van der Waals surface area (Å²) in [6.07, 6.45) is 3.62. The van der Waals surface area contributed by atoms with Crippen LogP contribution in [0.4, 0.5) is 0 Å². The van der Waals surface area contributed by atoms with Gasteiger partial charge in [0.05, 0.1) is 5.52 Å². The van der Waals surface area contributed by atoms with E-state index in [-0.39, 0.29) is 0 Å². The number of oxazole rings is 1. The zero-order valence-corrected chi connectivity index (χ0v) is 15.3. The van der Waals surface area contributed by atoms with Gasteiger partial charge in [-0.05, 0) is 29.7 Å². The number of benzene rings is 3. The van der Waals surface area contributed by atoms with E-state index in [0.717, 1.165) is 38.3 Å². The van der Waals surface area contributed by atoms with Crippen LogP contribution in [0.1, 0.15) is 0 Å². The molecule has 29 heavy (non-hydrogen) atoms. The minimum Gasteiger partial charge on any atom is -0.435 e. The molecule has 5 heteroatoms. The van der Waals surface area contributed by atoms with Gasteiger partial charge in [-0.1, -0.05) is 48.5 Å². The minimum absolute atomic E-state index is 0.503. The van der Waals surface area contributed by atoms with Crippen molar-refractivity contribution in [3.05, 3.63) is 85.2 Å². The Labute approximate surface area is 165 Å². The van der Waals surface area contributed by atoms with Crippen LogP contribution in [-0.4, -0.2) is 19.9 Å². The summed E-state index contributed by atoms with van der Waals surface area (Å²) in [5.41, 5.74) is 4.03. The minimum atomic E-state index is 0.503. The van der Waals surface area contributed by atoms with Crippen molar-refractivity contribution < 1.29 is 4.42 Å². The van der Waals surface area contributed by atoms with Gasteiger partial charge in [-0.3, -0.25) is 4.98 Å². The average molecular weight is 374 g/mol. The molecule has 0 amide bonds. The number of para-hydroxylation sites is 2. The van der Waals surface area contributed by atoms with Gasteiger partial charge in [0, 0.05) is 28.7 Å². The van der Waals surface area contributed by atoms with Crippen molar-refractivity contribution in [2.24, 2.45) is 0 Å². The number of pyridine rings is 1. The third-order valence-corrected chi connectivity index (χ3v) is 5.01. The van der Waals surface area contributed by atoms with Gasteiger partial charge in [0.25, 0.3) is 0 Å². The van der Waals surface area contributed by atoms with E-state index in [9.17, 15) is 0 Å². The first kappa shape index (κ1) is 15.9. The van der Waals surface area contributed by atoms with Crippen LogP contribution in [0.25, 0.3) is 55.7 Å². The molecule has 3 heterocycles. The largest absolute Gasteiger partial charge is 0.435 e. The second-order valence-corrected chi connectivity index (χ2v) is 6.84. The van der Waals surface area contributed by atoms with Gasteiger partial charge in [-0.15, -0.1) is 0 Å². The smallest absolute Gasteiger partial charge is 0.246 e. The summed E-state index contributed by atoms with van der Waals surface area (Å²) in [5, 5.41) is 3.29. The summed E-state index contributed by atoms with van der Waals surface area (Å²) in [6.45, 7) is 0. The molecule has 0 saturated heterocycles. The van der Waals surface area contributed by atoms with Crippen LogP contribution in [0, 0.1) is 0 Å². The summed E-state index contributed by atoms with van der Waals surface area (Å²) in [5.74, 6) is 1.15. The highest BCUT2D eigenvalue weighted by Crippen LogP contribution is 2.27. The van der Waals surface area contributed by atoms with Gasteiger partial charge >= 0.3 is 0 Å². The fourth-order valence-electron chi connectivity index (χ4n) is 3.54. The second-order valence-electron chi connectivity index (χ2n) is 6.84. The van der Waals surface area contributed by atoms with E-state index < -0.39 is 0 Å². The van der Waals surface area contributed by atoms with Crippen molar-refractivity contribution in [3.8, 4) is 23.0 Å². The number of hydrogen-bond donors (Lipinski definition) is 0. The van der Waals surface area contributed by atoms with E-state index in [2.05, 4.69) is 39.2 Å². The lowest BCUT2D eigenvalue weighted by atomic mass is 10.1. The van der Waals surface area contributed by atoms with Crippen molar-refractivity contribution in [1.29, 1.82) is 0 Å². The van der Waals surface area contributed by atoms with Crippen molar-refractivity contribution in [2.45, 2.75) is 0 Å². The Bertz CT molecular complexity index is 1470. The lowest BCUT2D eigenvalue weighted by Crippen LogP contribution is -1.92. The quantitative estimate of drug-likeness (QED) is 0.366. The summed E-state index contributed by atoms with van der Waals surface area (Å²) in [6, 6.07) is 23.9. The lowest BCUT2D eigenvalue weighted by molar-refractivity contribution is 0.617. The molecule has 0 radical (unpaired) electrons. The van der Waals surface area contributed by atoms with E-state index in [1.165, 1.54) is 0 Å². The number of fused-ring (bicyclic) bond motifs is 4. The van der Waals surface area contributed by atoms with Crippen LogP contribution >= 0.6 is 0 Å². The van der Waals surface area contributed by atoms with Crippen molar-refractivity contribution in [2.75, 3.05) is 0 Å². The van der Waals surface area contributed by atoms with Crippen molar-refractivity contribution >= 4 is 32.8 Å². The Kier molecular flexibility index (Phi) is 3.40. The molecule has 0 spiro atoms. The molecule has 136 valence electrons. The number of rotatable bonds is 2. The van der Waals surface area contributed by atoms with E-state index >= 15 is 0 Å². The molecule has 0 atom stereocenters. The molecule has 3 aromatic heterocycles. The van der Waals surface area contributed by atoms with Crippen molar-refractivity contribution in [3.63, 3.8) is 0 Å². The highest BCUT2D eigenvalue weighted by atomic mass is 16.3. The molecule has 6 aromatic rings. The highest BCUT2D eigenvalue weighted by Gasteiger charge is 2.11.